The number of hydrogen-bond acceptors (Lipinski definition) is 3. The highest BCUT2D eigenvalue weighted by Crippen LogP contribution is 2.24. The molecule has 0 bridgehead atoms. The lowest BCUT2D eigenvalue weighted by Gasteiger charge is -2.13. The fraction of sp³-hybridized carbons (Fsp3) is 0.571. The van der Waals surface area contributed by atoms with Crippen LogP contribution in [-0.4, -0.2) is 4.98 Å². The summed E-state index contributed by atoms with van der Waals surface area (Å²) in [7, 11) is 0. The lowest BCUT2D eigenvalue weighted by molar-refractivity contribution is 0.574. The lowest BCUT2D eigenvalue weighted by Crippen LogP contribution is -2.11. The second-order valence-corrected chi connectivity index (χ2v) is 4.08. The zero-order valence-corrected chi connectivity index (χ0v) is 7.25. The molecule has 0 radical (unpaired) electrons. The summed E-state index contributed by atoms with van der Waals surface area (Å²) in [6.07, 6.45) is 0. The average Bonchev–Trinajstić information content (AvgIpc) is 2.08. The number of anilines is 1. The fourth-order valence-electron chi connectivity index (χ4n) is 0.577. The summed E-state index contributed by atoms with van der Waals surface area (Å²) >= 11 is 1.23. The van der Waals surface area contributed by atoms with E-state index in [2.05, 4.69) is 4.98 Å². The largest absolute Gasteiger partial charge is 0.375 e. The quantitative estimate of drug-likeness (QED) is 0.625. The summed E-state index contributed by atoms with van der Waals surface area (Å²) in [6, 6.07) is 0. The molecule has 0 aliphatic carbocycles. The summed E-state index contributed by atoms with van der Waals surface area (Å²) in [6.45, 7) is 6.08. The van der Waals surface area contributed by atoms with Crippen molar-refractivity contribution >= 4 is 16.5 Å². The first kappa shape index (κ1) is 6.16. The smallest absolute Gasteiger partial charge is 0.180 e. The molecule has 2 nitrogen and oxygen atoms in total. The van der Waals surface area contributed by atoms with Crippen LogP contribution in [0.2, 0.25) is 0 Å². The predicted octanol–water partition coefficient (Wildman–Crippen LogP) is 2.02. The van der Waals surface area contributed by atoms with E-state index in [0.717, 1.165) is 5.69 Å². The standard InChI is InChI=1S/C7H12N2S/c1-7(2,3)5-4-10-6(8)9-5/h4H,1-3H3,(H2,8,9)/i4D. The molecule has 0 aliphatic heterocycles. The summed E-state index contributed by atoms with van der Waals surface area (Å²) in [5, 5.41) is 0.968. The van der Waals surface area contributed by atoms with Crippen LogP contribution in [0.1, 0.15) is 27.8 Å². The van der Waals surface area contributed by atoms with Crippen molar-refractivity contribution in [1.82, 2.24) is 4.98 Å². The second kappa shape index (κ2) is 2.23. The molecule has 2 N–H and O–H groups in total. The van der Waals surface area contributed by atoms with Crippen LogP contribution in [0.4, 0.5) is 5.13 Å². The van der Waals surface area contributed by atoms with Gasteiger partial charge in [0.2, 0.25) is 0 Å². The second-order valence-electron chi connectivity index (χ2n) is 3.25. The highest BCUT2D eigenvalue weighted by molar-refractivity contribution is 7.13. The van der Waals surface area contributed by atoms with E-state index in [1.54, 1.807) is 0 Å². The third kappa shape index (κ3) is 1.48. The molecule has 0 amide bonds. The van der Waals surface area contributed by atoms with E-state index in [1.165, 1.54) is 11.3 Å². The molecule has 0 atom stereocenters. The van der Waals surface area contributed by atoms with Gasteiger partial charge >= 0.3 is 0 Å². The third-order valence-electron chi connectivity index (χ3n) is 1.18. The number of aromatic nitrogens is 1. The van der Waals surface area contributed by atoms with Crippen LogP contribution >= 0.6 is 11.3 Å². The van der Waals surface area contributed by atoms with Crippen molar-refractivity contribution in [3.63, 3.8) is 0 Å². The third-order valence-corrected chi connectivity index (χ3v) is 1.78. The lowest BCUT2D eigenvalue weighted by atomic mass is 9.93. The van der Waals surface area contributed by atoms with Gasteiger partial charge < -0.3 is 5.73 Å². The first-order chi connectivity index (χ1) is 4.91. The first-order valence-electron chi connectivity index (χ1n) is 3.64. The zero-order valence-electron chi connectivity index (χ0n) is 7.43. The fourth-order valence-corrected chi connectivity index (χ4v) is 1.27. The minimum Gasteiger partial charge on any atom is -0.375 e. The molecular weight excluding hydrogens is 144 g/mol. The van der Waals surface area contributed by atoms with Crippen LogP contribution in [0.3, 0.4) is 0 Å². The molecule has 0 aliphatic rings. The maximum absolute atomic E-state index is 7.52. The Bertz CT molecular complexity index is 262. The van der Waals surface area contributed by atoms with Crippen molar-refractivity contribution in [3.05, 3.63) is 11.1 Å². The number of hydrogen-bond donors (Lipinski definition) is 1. The molecule has 10 heavy (non-hydrogen) atoms. The molecule has 0 spiro atoms. The zero-order chi connectivity index (χ0) is 8.65. The molecule has 1 aromatic rings. The highest BCUT2D eigenvalue weighted by atomic mass is 32.1. The Morgan fingerprint density at radius 2 is 2.30 bits per heavy atom. The van der Waals surface area contributed by atoms with Gasteiger partial charge in [0.15, 0.2) is 5.13 Å². The maximum Gasteiger partial charge on any atom is 0.180 e. The highest BCUT2D eigenvalue weighted by Gasteiger charge is 2.16. The van der Waals surface area contributed by atoms with Crippen molar-refractivity contribution in [2.24, 2.45) is 0 Å². The summed E-state index contributed by atoms with van der Waals surface area (Å²) in [5.74, 6) is 0. The van der Waals surface area contributed by atoms with Crippen LogP contribution in [0.5, 0.6) is 0 Å². The van der Waals surface area contributed by atoms with Gasteiger partial charge in [0.05, 0.1) is 7.06 Å². The number of nitrogen functional groups attached to an aromatic ring is 1. The normalized spacial score (nSPS) is 13.3. The van der Waals surface area contributed by atoms with E-state index in [-0.39, 0.29) is 5.41 Å². The topological polar surface area (TPSA) is 38.9 Å². The molecule has 1 heterocycles. The number of thiazole rings is 1. The van der Waals surface area contributed by atoms with E-state index in [0.29, 0.717) is 10.5 Å². The van der Waals surface area contributed by atoms with Crippen molar-refractivity contribution in [2.45, 2.75) is 26.2 Å². The van der Waals surface area contributed by atoms with Gasteiger partial charge in [0.1, 0.15) is 0 Å². The van der Waals surface area contributed by atoms with Gasteiger partial charge in [0, 0.05) is 10.8 Å². The van der Waals surface area contributed by atoms with Gasteiger partial charge in [0.25, 0.3) is 0 Å². The van der Waals surface area contributed by atoms with Crippen LogP contribution in [0, 0.1) is 0 Å². The van der Waals surface area contributed by atoms with Crippen LogP contribution < -0.4 is 5.73 Å². The van der Waals surface area contributed by atoms with Crippen molar-refractivity contribution in [2.75, 3.05) is 5.73 Å². The maximum atomic E-state index is 7.52. The first-order valence-corrected chi connectivity index (χ1v) is 3.96. The number of nitrogens with two attached hydrogens (primary N) is 1. The summed E-state index contributed by atoms with van der Waals surface area (Å²) in [4.78, 5) is 4.09. The van der Waals surface area contributed by atoms with E-state index in [4.69, 9.17) is 7.10 Å². The van der Waals surface area contributed by atoms with E-state index < -0.39 is 0 Å². The monoisotopic (exact) mass is 157 g/mol. The molecule has 0 saturated heterocycles. The van der Waals surface area contributed by atoms with Gasteiger partial charge in [-0.2, -0.15) is 0 Å². The van der Waals surface area contributed by atoms with Crippen molar-refractivity contribution < 1.29 is 1.37 Å². The number of rotatable bonds is 0. The van der Waals surface area contributed by atoms with Gasteiger partial charge in [-0.1, -0.05) is 20.8 Å². The van der Waals surface area contributed by atoms with Crippen molar-refractivity contribution in [1.29, 1.82) is 0 Å². The average molecular weight is 157 g/mol. The SMILES string of the molecule is [2H]c1sc(N)nc1C(C)(C)C. The van der Waals surface area contributed by atoms with E-state index in [9.17, 15) is 0 Å². The molecule has 0 saturated carbocycles. The van der Waals surface area contributed by atoms with Crippen LogP contribution in [0.15, 0.2) is 5.36 Å². The Kier molecular flexibility index (Phi) is 1.38. The predicted molar refractivity (Wildman–Crippen MR) is 45.2 cm³/mol. The van der Waals surface area contributed by atoms with Gasteiger partial charge in [-0.05, 0) is 0 Å². The van der Waals surface area contributed by atoms with Gasteiger partial charge in [-0.3, -0.25) is 0 Å². The molecule has 1 aromatic heterocycles. The van der Waals surface area contributed by atoms with Crippen molar-refractivity contribution in [3.8, 4) is 0 Å². The summed E-state index contributed by atoms with van der Waals surface area (Å²) < 4.78 is 7.52. The Balaban J connectivity index is 3.13. The molecule has 0 unspecified atom stereocenters. The molecule has 3 heteroatoms. The molecular formula is C7H12N2S. The minimum absolute atomic E-state index is 0.0643. The van der Waals surface area contributed by atoms with Gasteiger partial charge in [-0.25, -0.2) is 4.98 Å². The van der Waals surface area contributed by atoms with Gasteiger partial charge in [-0.15, -0.1) is 11.3 Å². The molecule has 0 fully saturated rings. The molecule has 1 rings (SSSR count). The van der Waals surface area contributed by atoms with E-state index >= 15 is 0 Å². The van der Waals surface area contributed by atoms with Crippen LogP contribution in [-0.2, 0) is 5.41 Å². The van der Waals surface area contributed by atoms with Crippen LogP contribution in [0.25, 0.3) is 0 Å². The minimum atomic E-state index is -0.0643. The number of nitrogens with zero attached hydrogens (tertiary/aromatic N) is 1. The Morgan fingerprint density at radius 1 is 1.70 bits per heavy atom. The Hall–Kier alpha value is -0.570. The molecule has 56 valence electrons. The molecule has 0 aromatic carbocycles. The Morgan fingerprint density at radius 3 is 2.50 bits per heavy atom. The summed E-state index contributed by atoms with van der Waals surface area (Å²) in [5.41, 5.74) is 6.19. The Labute approximate surface area is 66.5 Å². The van der Waals surface area contributed by atoms with E-state index in [1.807, 2.05) is 20.8 Å².